The van der Waals surface area contributed by atoms with Gasteiger partial charge in [-0.2, -0.15) is 0 Å². The molecule has 2 aliphatic rings. The van der Waals surface area contributed by atoms with Crippen molar-refractivity contribution >= 4 is 29.9 Å². The summed E-state index contributed by atoms with van der Waals surface area (Å²) in [6.07, 6.45) is 7.81. The van der Waals surface area contributed by atoms with E-state index in [2.05, 4.69) is 22.3 Å². The Kier molecular flexibility index (Phi) is 7.29. The molecular formula is C13H27IN4. The van der Waals surface area contributed by atoms with Gasteiger partial charge in [-0.15, -0.1) is 24.0 Å². The largest absolute Gasteiger partial charge is 0.370 e. The Morgan fingerprint density at radius 1 is 1.28 bits per heavy atom. The van der Waals surface area contributed by atoms with Crippen LogP contribution in [-0.4, -0.2) is 43.6 Å². The van der Waals surface area contributed by atoms with Crippen LogP contribution in [0, 0.1) is 5.92 Å². The smallest absolute Gasteiger partial charge is 0.188 e. The van der Waals surface area contributed by atoms with E-state index in [4.69, 9.17) is 5.73 Å². The monoisotopic (exact) mass is 366 g/mol. The number of halogens is 1. The third kappa shape index (κ3) is 5.30. The molecule has 1 saturated heterocycles. The zero-order valence-electron chi connectivity index (χ0n) is 11.4. The number of nitrogens with one attached hydrogen (secondary N) is 1. The molecule has 1 aliphatic heterocycles. The molecule has 2 fully saturated rings. The van der Waals surface area contributed by atoms with E-state index in [1.807, 2.05) is 0 Å². The maximum Gasteiger partial charge on any atom is 0.188 e. The Bertz CT molecular complexity index is 264. The zero-order chi connectivity index (χ0) is 12.1. The van der Waals surface area contributed by atoms with Crippen molar-refractivity contribution in [2.75, 3.05) is 26.7 Å². The van der Waals surface area contributed by atoms with Gasteiger partial charge in [-0.25, -0.2) is 0 Å². The molecule has 0 amide bonds. The highest BCUT2D eigenvalue weighted by Crippen LogP contribution is 2.17. The van der Waals surface area contributed by atoms with E-state index in [1.165, 1.54) is 51.6 Å². The maximum absolute atomic E-state index is 5.94. The van der Waals surface area contributed by atoms with Crippen LogP contribution < -0.4 is 11.1 Å². The second kappa shape index (κ2) is 8.19. The normalized spacial score (nSPS) is 26.9. The predicted octanol–water partition coefficient (Wildman–Crippen LogP) is 1.79. The van der Waals surface area contributed by atoms with Crippen molar-refractivity contribution in [1.82, 2.24) is 10.2 Å². The van der Waals surface area contributed by atoms with Gasteiger partial charge in [0.05, 0.1) is 0 Å². The van der Waals surface area contributed by atoms with Crippen molar-refractivity contribution in [1.29, 1.82) is 0 Å². The van der Waals surface area contributed by atoms with Gasteiger partial charge in [0.2, 0.25) is 0 Å². The summed E-state index contributed by atoms with van der Waals surface area (Å²) >= 11 is 0. The number of nitrogens with two attached hydrogens (primary N) is 1. The molecule has 1 heterocycles. The average Bonchev–Trinajstić information content (AvgIpc) is 2.74. The van der Waals surface area contributed by atoms with Crippen LogP contribution in [-0.2, 0) is 0 Å². The van der Waals surface area contributed by atoms with Crippen LogP contribution >= 0.6 is 24.0 Å². The Hall–Kier alpha value is -0.0400. The van der Waals surface area contributed by atoms with Crippen LogP contribution in [0.3, 0.4) is 0 Å². The van der Waals surface area contributed by atoms with E-state index >= 15 is 0 Å². The first-order valence-corrected chi connectivity index (χ1v) is 6.99. The molecule has 4 nitrogen and oxygen atoms in total. The average molecular weight is 366 g/mol. The van der Waals surface area contributed by atoms with Crippen molar-refractivity contribution in [2.24, 2.45) is 16.6 Å². The molecule has 106 valence electrons. The molecule has 1 unspecified atom stereocenters. The van der Waals surface area contributed by atoms with E-state index in [-0.39, 0.29) is 24.0 Å². The molecule has 5 heteroatoms. The van der Waals surface area contributed by atoms with Gasteiger partial charge >= 0.3 is 0 Å². The van der Waals surface area contributed by atoms with Crippen LogP contribution in [0.25, 0.3) is 0 Å². The SMILES string of the molecule is CN1CCC(CN=C(N)NC2CCCCC2)C1.I. The van der Waals surface area contributed by atoms with Gasteiger partial charge in [-0.3, -0.25) is 4.99 Å². The summed E-state index contributed by atoms with van der Waals surface area (Å²) in [6, 6.07) is 0.568. The molecule has 1 atom stereocenters. The highest BCUT2D eigenvalue weighted by Gasteiger charge is 2.19. The summed E-state index contributed by atoms with van der Waals surface area (Å²) in [5.41, 5.74) is 5.94. The molecule has 0 bridgehead atoms. The Morgan fingerprint density at radius 2 is 2.00 bits per heavy atom. The molecule has 2 rings (SSSR count). The lowest BCUT2D eigenvalue weighted by atomic mass is 9.96. The number of aliphatic imine (C=N–C) groups is 1. The number of likely N-dealkylation sites (tertiary alicyclic amines) is 1. The minimum absolute atomic E-state index is 0. The van der Waals surface area contributed by atoms with E-state index in [0.29, 0.717) is 17.9 Å². The topological polar surface area (TPSA) is 53.6 Å². The Morgan fingerprint density at radius 3 is 2.61 bits per heavy atom. The first kappa shape index (κ1) is 16.0. The zero-order valence-corrected chi connectivity index (χ0v) is 13.7. The summed E-state index contributed by atoms with van der Waals surface area (Å²) in [5, 5.41) is 3.37. The first-order valence-electron chi connectivity index (χ1n) is 6.99. The highest BCUT2D eigenvalue weighted by atomic mass is 127. The summed E-state index contributed by atoms with van der Waals surface area (Å²) in [7, 11) is 2.17. The quantitative estimate of drug-likeness (QED) is 0.455. The summed E-state index contributed by atoms with van der Waals surface area (Å²) < 4.78 is 0. The fourth-order valence-electron chi connectivity index (χ4n) is 2.90. The van der Waals surface area contributed by atoms with E-state index in [0.717, 1.165) is 6.54 Å². The molecule has 0 aromatic heterocycles. The van der Waals surface area contributed by atoms with Gasteiger partial charge in [0.25, 0.3) is 0 Å². The van der Waals surface area contributed by atoms with E-state index in [1.54, 1.807) is 0 Å². The molecule has 1 aliphatic carbocycles. The van der Waals surface area contributed by atoms with Crippen LogP contribution in [0.2, 0.25) is 0 Å². The van der Waals surface area contributed by atoms with Crippen LogP contribution in [0.5, 0.6) is 0 Å². The Labute approximate surface area is 128 Å². The molecule has 0 radical (unpaired) electrons. The second-order valence-electron chi connectivity index (χ2n) is 5.62. The van der Waals surface area contributed by atoms with E-state index in [9.17, 15) is 0 Å². The molecular weight excluding hydrogens is 339 g/mol. The summed E-state index contributed by atoms with van der Waals surface area (Å²) in [5.74, 6) is 1.36. The van der Waals surface area contributed by atoms with Gasteiger partial charge < -0.3 is 16.0 Å². The van der Waals surface area contributed by atoms with Crippen LogP contribution in [0.4, 0.5) is 0 Å². The number of rotatable bonds is 3. The van der Waals surface area contributed by atoms with Crippen molar-refractivity contribution < 1.29 is 0 Å². The third-order valence-corrected chi connectivity index (χ3v) is 3.97. The Balaban J connectivity index is 0.00000162. The fraction of sp³-hybridized carbons (Fsp3) is 0.923. The fourth-order valence-corrected chi connectivity index (χ4v) is 2.90. The van der Waals surface area contributed by atoms with Crippen molar-refractivity contribution in [3.05, 3.63) is 0 Å². The van der Waals surface area contributed by atoms with Crippen LogP contribution in [0.1, 0.15) is 38.5 Å². The third-order valence-electron chi connectivity index (χ3n) is 3.97. The molecule has 18 heavy (non-hydrogen) atoms. The molecule has 0 aromatic carbocycles. The second-order valence-corrected chi connectivity index (χ2v) is 5.62. The van der Waals surface area contributed by atoms with Gasteiger partial charge in [0, 0.05) is 19.1 Å². The lowest BCUT2D eigenvalue weighted by Gasteiger charge is -2.23. The minimum Gasteiger partial charge on any atom is -0.370 e. The predicted molar refractivity (Wildman–Crippen MR) is 87.5 cm³/mol. The lowest BCUT2D eigenvalue weighted by molar-refractivity contribution is 0.396. The number of hydrogen-bond donors (Lipinski definition) is 2. The van der Waals surface area contributed by atoms with Gasteiger partial charge in [-0.05, 0) is 38.8 Å². The van der Waals surface area contributed by atoms with E-state index < -0.39 is 0 Å². The lowest BCUT2D eigenvalue weighted by Crippen LogP contribution is -2.41. The van der Waals surface area contributed by atoms with Gasteiger partial charge in [-0.1, -0.05) is 19.3 Å². The molecule has 1 saturated carbocycles. The van der Waals surface area contributed by atoms with Crippen LogP contribution in [0.15, 0.2) is 4.99 Å². The number of guanidine groups is 1. The number of nitrogens with zero attached hydrogens (tertiary/aromatic N) is 2. The van der Waals surface area contributed by atoms with Gasteiger partial charge in [0.1, 0.15) is 0 Å². The maximum atomic E-state index is 5.94. The molecule has 3 N–H and O–H groups in total. The minimum atomic E-state index is 0. The van der Waals surface area contributed by atoms with Crippen molar-refractivity contribution in [3.63, 3.8) is 0 Å². The van der Waals surface area contributed by atoms with Crippen molar-refractivity contribution in [3.8, 4) is 0 Å². The number of hydrogen-bond acceptors (Lipinski definition) is 2. The first-order chi connectivity index (χ1) is 8.24. The summed E-state index contributed by atoms with van der Waals surface area (Å²) in [6.45, 7) is 3.26. The summed E-state index contributed by atoms with van der Waals surface area (Å²) in [4.78, 5) is 6.86. The molecule has 0 aromatic rings. The highest BCUT2D eigenvalue weighted by molar-refractivity contribution is 14.0. The standard InChI is InChI=1S/C13H26N4.HI/c1-17-8-7-11(10-17)9-15-13(14)16-12-5-3-2-4-6-12;/h11-12H,2-10H2,1H3,(H3,14,15,16);1H. The van der Waals surface area contributed by atoms with Gasteiger partial charge in [0.15, 0.2) is 5.96 Å². The van der Waals surface area contributed by atoms with Crippen molar-refractivity contribution in [2.45, 2.75) is 44.6 Å². The molecule has 0 spiro atoms.